The number of amides is 1. The number of aryl methyl sites for hydroxylation is 1. The van der Waals surface area contributed by atoms with Gasteiger partial charge in [0.15, 0.2) is 5.96 Å². The number of hydrogen-bond donors (Lipinski definition) is 4. The van der Waals surface area contributed by atoms with Crippen molar-refractivity contribution in [2.24, 2.45) is 10.4 Å². The molecule has 0 radical (unpaired) electrons. The van der Waals surface area contributed by atoms with E-state index in [-0.39, 0.29) is 24.5 Å². The third-order valence-electron chi connectivity index (χ3n) is 4.72. The fourth-order valence-electron chi connectivity index (χ4n) is 3.04. The zero-order chi connectivity index (χ0) is 18.8. The second-order valence-corrected chi connectivity index (χ2v) is 6.66. The molecule has 144 valence electrons. The summed E-state index contributed by atoms with van der Waals surface area (Å²) < 4.78 is 5.49. The molecule has 1 aliphatic rings. The third kappa shape index (κ3) is 6.00. The lowest BCUT2D eigenvalue weighted by molar-refractivity contribution is -0.115. The molecule has 0 saturated carbocycles. The monoisotopic (exact) mass is 362 g/mol. The molecule has 1 aromatic rings. The summed E-state index contributed by atoms with van der Waals surface area (Å²) in [6.07, 6.45) is 2.52. The fraction of sp³-hybridized carbons (Fsp3) is 0.579. The van der Waals surface area contributed by atoms with E-state index >= 15 is 0 Å². The summed E-state index contributed by atoms with van der Waals surface area (Å²) >= 11 is 0. The maximum absolute atomic E-state index is 12.1. The first-order valence-electron chi connectivity index (χ1n) is 9.13. The predicted molar refractivity (Wildman–Crippen MR) is 103 cm³/mol. The summed E-state index contributed by atoms with van der Waals surface area (Å²) in [5.74, 6) is 0.433. The standard InChI is InChI=1S/C19H30N4O3/c1-3-15-5-4-6-16(11-15)23-17(25)12-21-18(20-2)22-13-19(7-9-24)8-10-26-14-19/h4-6,11,24H,3,7-10,12-14H2,1-2H3,(H,23,25)(H2,20,21,22). The molecule has 1 atom stereocenters. The van der Waals surface area contributed by atoms with Gasteiger partial charge in [0.25, 0.3) is 0 Å². The van der Waals surface area contributed by atoms with Gasteiger partial charge in [-0.15, -0.1) is 0 Å². The van der Waals surface area contributed by atoms with E-state index in [1.54, 1.807) is 7.05 Å². The van der Waals surface area contributed by atoms with Gasteiger partial charge in [0.05, 0.1) is 13.2 Å². The molecule has 1 aromatic carbocycles. The highest BCUT2D eigenvalue weighted by Crippen LogP contribution is 2.31. The Bertz CT molecular complexity index is 613. The van der Waals surface area contributed by atoms with Gasteiger partial charge in [0.2, 0.25) is 5.91 Å². The molecule has 26 heavy (non-hydrogen) atoms. The Kier molecular flexibility index (Phi) is 7.87. The van der Waals surface area contributed by atoms with Crippen molar-refractivity contribution >= 4 is 17.6 Å². The minimum absolute atomic E-state index is 0.0742. The molecule has 2 rings (SSSR count). The lowest BCUT2D eigenvalue weighted by atomic mass is 9.84. The van der Waals surface area contributed by atoms with Gasteiger partial charge in [-0.25, -0.2) is 0 Å². The number of aliphatic hydroxyl groups excluding tert-OH is 1. The molecule has 0 bridgehead atoms. The van der Waals surface area contributed by atoms with Crippen LogP contribution in [-0.4, -0.2) is 56.9 Å². The number of carbonyl (C=O) groups excluding carboxylic acids is 1. The summed E-state index contributed by atoms with van der Waals surface area (Å²) in [5, 5.41) is 18.4. The highest BCUT2D eigenvalue weighted by Gasteiger charge is 2.34. The largest absolute Gasteiger partial charge is 0.396 e. The number of anilines is 1. The second-order valence-electron chi connectivity index (χ2n) is 6.66. The molecule has 1 amide bonds. The molecular formula is C19H30N4O3. The van der Waals surface area contributed by atoms with E-state index in [9.17, 15) is 9.90 Å². The van der Waals surface area contributed by atoms with Crippen LogP contribution in [0.5, 0.6) is 0 Å². The third-order valence-corrected chi connectivity index (χ3v) is 4.72. The van der Waals surface area contributed by atoms with E-state index in [1.807, 2.05) is 24.3 Å². The average molecular weight is 362 g/mol. The maximum atomic E-state index is 12.1. The number of hydrogen-bond acceptors (Lipinski definition) is 4. The number of nitrogens with one attached hydrogen (secondary N) is 3. The van der Waals surface area contributed by atoms with Crippen molar-refractivity contribution in [2.45, 2.75) is 26.2 Å². The Morgan fingerprint density at radius 1 is 1.38 bits per heavy atom. The zero-order valence-electron chi connectivity index (χ0n) is 15.7. The Hall–Kier alpha value is -2.12. The molecule has 1 unspecified atom stereocenters. The van der Waals surface area contributed by atoms with Gasteiger partial charge in [-0.05, 0) is 37.0 Å². The highest BCUT2D eigenvalue weighted by molar-refractivity contribution is 5.95. The fourth-order valence-corrected chi connectivity index (χ4v) is 3.04. The Morgan fingerprint density at radius 3 is 2.88 bits per heavy atom. The van der Waals surface area contributed by atoms with E-state index in [4.69, 9.17) is 4.74 Å². The number of guanidine groups is 1. The van der Waals surface area contributed by atoms with Gasteiger partial charge in [0.1, 0.15) is 0 Å². The van der Waals surface area contributed by atoms with E-state index in [1.165, 1.54) is 5.56 Å². The van der Waals surface area contributed by atoms with E-state index in [2.05, 4.69) is 27.9 Å². The molecule has 1 aliphatic heterocycles. The van der Waals surface area contributed by atoms with Crippen molar-refractivity contribution in [3.05, 3.63) is 29.8 Å². The Labute approximate surface area is 155 Å². The van der Waals surface area contributed by atoms with Crippen LogP contribution in [0.3, 0.4) is 0 Å². The molecular weight excluding hydrogens is 332 g/mol. The number of rotatable bonds is 8. The van der Waals surface area contributed by atoms with Crippen molar-refractivity contribution in [1.29, 1.82) is 0 Å². The van der Waals surface area contributed by atoms with Crippen LogP contribution in [0.1, 0.15) is 25.3 Å². The maximum Gasteiger partial charge on any atom is 0.243 e. The summed E-state index contributed by atoms with van der Waals surface area (Å²) in [4.78, 5) is 16.3. The lowest BCUT2D eigenvalue weighted by Crippen LogP contribution is -2.46. The van der Waals surface area contributed by atoms with Gasteiger partial charge in [-0.3, -0.25) is 9.79 Å². The van der Waals surface area contributed by atoms with Crippen LogP contribution in [0.4, 0.5) is 5.69 Å². The summed E-state index contributed by atoms with van der Waals surface area (Å²) in [6, 6.07) is 7.83. The van der Waals surface area contributed by atoms with Crippen molar-refractivity contribution < 1.29 is 14.6 Å². The topological polar surface area (TPSA) is 95.0 Å². The first-order chi connectivity index (χ1) is 12.6. The Morgan fingerprint density at radius 2 is 2.23 bits per heavy atom. The van der Waals surface area contributed by atoms with Gasteiger partial charge in [0, 0.05) is 37.9 Å². The number of ether oxygens (including phenoxy) is 1. The van der Waals surface area contributed by atoms with Crippen molar-refractivity contribution in [3.63, 3.8) is 0 Å². The molecule has 0 aliphatic carbocycles. The van der Waals surface area contributed by atoms with Crippen LogP contribution in [0.25, 0.3) is 0 Å². The number of nitrogens with zero attached hydrogens (tertiary/aromatic N) is 1. The minimum atomic E-state index is -0.129. The van der Waals surface area contributed by atoms with E-state index < -0.39 is 0 Å². The van der Waals surface area contributed by atoms with Crippen molar-refractivity contribution in [1.82, 2.24) is 10.6 Å². The van der Waals surface area contributed by atoms with Crippen LogP contribution >= 0.6 is 0 Å². The van der Waals surface area contributed by atoms with Crippen LogP contribution in [0, 0.1) is 5.41 Å². The summed E-state index contributed by atoms with van der Waals surface area (Å²) in [6.45, 7) is 4.33. The second kappa shape index (κ2) is 10.1. The minimum Gasteiger partial charge on any atom is -0.396 e. The van der Waals surface area contributed by atoms with Gasteiger partial charge in [-0.2, -0.15) is 0 Å². The molecule has 1 heterocycles. The van der Waals surface area contributed by atoms with E-state index in [0.29, 0.717) is 32.1 Å². The van der Waals surface area contributed by atoms with Crippen molar-refractivity contribution in [3.8, 4) is 0 Å². The quantitative estimate of drug-likeness (QED) is 0.411. The van der Waals surface area contributed by atoms with Gasteiger partial charge >= 0.3 is 0 Å². The van der Waals surface area contributed by atoms with Crippen LogP contribution in [0.2, 0.25) is 0 Å². The SMILES string of the molecule is CCc1cccc(NC(=O)CNC(=NC)NCC2(CCO)CCOC2)c1. The normalized spacial score (nSPS) is 20.0. The zero-order valence-corrected chi connectivity index (χ0v) is 15.7. The first kappa shape index (κ1) is 20.2. The van der Waals surface area contributed by atoms with Gasteiger partial charge < -0.3 is 25.8 Å². The number of aliphatic hydroxyl groups is 1. The molecule has 1 fully saturated rings. The lowest BCUT2D eigenvalue weighted by Gasteiger charge is -2.27. The summed E-state index contributed by atoms with van der Waals surface area (Å²) in [7, 11) is 1.67. The first-order valence-corrected chi connectivity index (χ1v) is 9.13. The predicted octanol–water partition coefficient (Wildman–Crippen LogP) is 1.14. The highest BCUT2D eigenvalue weighted by atomic mass is 16.5. The molecule has 1 saturated heterocycles. The van der Waals surface area contributed by atoms with Crippen LogP contribution in [-0.2, 0) is 16.0 Å². The molecule has 7 heteroatoms. The molecule has 0 aromatic heterocycles. The average Bonchev–Trinajstić information content (AvgIpc) is 3.11. The van der Waals surface area contributed by atoms with Crippen LogP contribution in [0.15, 0.2) is 29.3 Å². The van der Waals surface area contributed by atoms with Gasteiger partial charge in [-0.1, -0.05) is 19.1 Å². The Balaban J connectivity index is 1.79. The molecule has 7 nitrogen and oxygen atoms in total. The number of carbonyl (C=O) groups is 1. The van der Waals surface area contributed by atoms with E-state index in [0.717, 1.165) is 18.5 Å². The molecule has 4 N–H and O–H groups in total. The number of benzene rings is 1. The smallest absolute Gasteiger partial charge is 0.243 e. The number of aliphatic imine (C=N–C) groups is 1. The van der Waals surface area contributed by atoms with Crippen molar-refractivity contribution in [2.75, 3.05) is 45.3 Å². The summed E-state index contributed by atoms with van der Waals surface area (Å²) in [5.41, 5.74) is 1.90. The van der Waals surface area contributed by atoms with Crippen LogP contribution < -0.4 is 16.0 Å². The molecule has 0 spiro atoms.